The Hall–Kier alpha value is -3.25. The molecule has 0 radical (unpaired) electrons. The largest absolute Gasteiger partial charge is 0.455 e. The number of aliphatic hydroxyl groups is 9. The third kappa shape index (κ3) is 10.7. The molecule has 0 bridgehead atoms. The van der Waals surface area contributed by atoms with E-state index in [9.17, 15) is 69.9 Å². The van der Waals surface area contributed by atoms with Crippen LogP contribution in [0.3, 0.4) is 0 Å². The Morgan fingerprint density at radius 2 is 0.825 bits per heavy atom. The van der Waals surface area contributed by atoms with Crippen LogP contribution in [0.1, 0.15) is 27.7 Å². The van der Waals surface area contributed by atoms with Crippen molar-refractivity contribution in [3.05, 3.63) is 0 Å². The van der Waals surface area contributed by atoms with E-state index in [2.05, 4.69) is 21.3 Å². The van der Waals surface area contributed by atoms with Crippen LogP contribution >= 0.6 is 0 Å². The van der Waals surface area contributed by atoms with Crippen LogP contribution in [-0.4, -0.2) is 218 Å². The molecular formula is C32H52N4O21. The van der Waals surface area contributed by atoms with Crippen molar-refractivity contribution < 1.29 is 103 Å². The molecule has 25 heteroatoms. The molecule has 4 rings (SSSR count). The van der Waals surface area contributed by atoms with Crippen LogP contribution in [0, 0.1) is 0 Å². The molecule has 0 aromatic carbocycles. The molecule has 4 fully saturated rings. The Morgan fingerprint density at radius 3 is 1.18 bits per heavy atom. The predicted octanol–water partition coefficient (Wildman–Crippen LogP) is -8.97. The SMILES string of the molecule is CC(=O)N[C@H]1[C@H](O[C@H]2[C@H](O)[C@@H](NC(C)=O)C(=O)O[C@@H]2CO)O[C@H](CO)[C@@H](O[C@@H]2O[C@H](CO)[C@@H](O[C@@H]3O[C@H](CO)[C@@H](O)[C@H](O)[C@H]3NC(C)=O)[C@H](O)[C@H]2NC(C)=O)[C@@H]1O. The summed E-state index contributed by atoms with van der Waals surface area (Å²) >= 11 is 0. The van der Waals surface area contributed by atoms with Gasteiger partial charge in [-0.05, 0) is 0 Å². The maximum absolute atomic E-state index is 12.5. The molecule has 4 saturated heterocycles. The summed E-state index contributed by atoms with van der Waals surface area (Å²) in [6.07, 6.45) is -25.5. The molecule has 4 aliphatic rings. The molecule has 0 unspecified atom stereocenters. The number of cyclic esters (lactones) is 1. The van der Waals surface area contributed by atoms with Gasteiger partial charge in [0.05, 0.1) is 26.4 Å². The molecule has 0 aliphatic carbocycles. The Balaban J connectivity index is 1.61. The highest BCUT2D eigenvalue weighted by Gasteiger charge is 2.56. The molecule has 4 aliphatic heterocycles. The van der Waals surface area contributed by atoms with Gasteiger partial charge in [-0.2, -0.15) is 0 Å². The van der Waals surface area contributed by atoms with Crippen LogP contribution in [0.15, 0.2) is 0 Å². The maximum atomic E-state index is 12.5. The molecule has 0 aromatic heterocycles. The molecule has 0 aromatic rings. The van der Waals surface area contributed by atoms with Gasteiger partial charge in [-0.1, -0.05) is 0 Å². The first-order valence-electron chi connectivity index (χ1n) is 17.9. The van der Waals surface area contributed by atoms with Crippen molar-refractivity contribution in [3.8, 4) is 0 Å². The molecule has 326 valence electrons. The smallest absolute Gasteiger partial charge is 0.331 e. The molecule has 19 atom stereocenters. The van der Waals surface area contributed by atoms with Gasteiger partial charge in [-0.15, -0.1) is 0 Å². The number of hydrogen-bond acceptors (Lipinski definition) is 21. The second-order valence-electron chi connectivity index (χ2n) is 13.9. The quantitative estimate of drug-likeness (QED) is 0.0723. The van der Waals surface area contributed by atoms with Crippen molar-refractivity contribution in [1.82, 2.24) is 21.3 Å². The molecule has 4 amide bonds. The van der Waals surface area contributed by atoms with E-state index in [-0.39, 0.29) is 0 Å². The van der Waals surface area contributed by atoms with E-state index in [4.69, 9.17) is 33.2 Å². The molecule has 13 N–H and O–H groups in total. The van der Waals surface area contributed by atoms with E-state index in [0.717, 1.165) is 27.7 Å². The topological polar surface area (TPSA) is 380 Å². The Morgan fingerprint density at radius 1 is 0.491 bits per heavy atom. The van der Waals surface area contributed by atoms with Gasteiger partial charge in [0.1, 0.15) is 85.3 Å². The van der Waals surface area contributed by atoms with Crippen molar-refractivity contribution in [2.24, 2.45) is 0 Å². The van der Waals surface area contributed by atoms with Crippen LogP contribution in [0.2, 0.25) is 0 Å². The number of esters is 1. The summed E-state index contributed by atoms with van der Waals surface area (Å²) in [6, 6.07) is -6.38. The first-order chi connectivity index (χ1) is 26.9. The number of aliphatic hydroxyl groups excluding tert-OH is 9. The lowest BCUT2D eigenvalue weighted by Gasteiger charge is -2.50. The minimum atomic E-state index is -1.91. The lowest BCUT2D eigenvalue weighted by atomic mass is 9.93. The lowest BCUT2D eigenvalue weighted by molar-refractivity contribution is -0.358. The van der Waals surface area contributed by atoms with E-state index in [1.807, 2.05) is 0 Å². The summed E-state index contributed by atoms with van der Waals surface area (Å²) in [5.74, 6) is -4.02. The van der Waals surface area contributed by atoms with Gasteiger partial charge in [0, 0.05) is 27.7 Å². The molecule has 57 heavy (non-hydrogen) atoms. The van der Waals surface area contributed by atoms with Gasteiger partial charge in [-0.25, -0.2) is 4.79 Å². The molecular weight excluding hydrogens is 776 g/mol. The van der Waals surface area contributed by atoms with Crippen molar-refractivity contribution in [2.75, 3.05) is 26.4 Å². The van der Waals surface area contributed by atoms with Crippen molar-refractivity contribution >= 4 is 29.6 Å². The van der Waals surface area contributed by atoms with Crippen LogP contribution < -0.4 is 21.3 Å². The molecule has 4 heterocycles. The maximum Gasteiger partial charge on any atom is 0.331 e. The Bertz CT molecular complexity index is 1410. The fourth-order valence-corrected chi connectivity index (χ4v) is 7.04. The molecule has 0 spiro atoms. The monoisotopic (exact) mass is 828 g/mol. The van der Waals surface area contributed by atoms with Crippen LogP contribution in [-0.2, 0) is 57.1 Å². The summed E-state index contributed by atoms with van der Waals surface area (Å²) in [5, 5.41) is 105. The van der Waals surface area contributed by atoms with Crippen molar-refractivity contribution in [3.63, 3.8) is 0 Å². The van der Waals surface area contributed by atoms with Crippen LogP contribution in [0.4, 0.5) is 0 Å². The zero-order valence-electron chi connectivity index (χ0n) is 31.2. The minimum Gasteiger partial charge on any atom is -0.455 e. The zero-order chi connectivity index (χ0) is 42.5. The summed E-state index contributed by atoms with van der Waals surface area (Å²) in [6.45, 7) is 0.738. The van der Waals surface area contributed by atoms with Gasteiger partial charge in [0.2, 0.25) is 23.6 Å². The first-order valence-corrected chi connectivity index (χ1v) is 17.9. The zero-order valence-corrected chi connectivity index (χ0v) is 31.2. The van der Waals surface area contributed by atoms with Gasteiger partial charge in [-0.3, -0.25) is 19.2 Å². The van der Waals surface area contributed by atoms with E-state index in [0.29, 0.717) is 0 Å². The van der Waals surface area contributed by atoms with Crippen LogP contribution in [0.5, 0.6) is 0 Å². The van der Waals surface area contributed by atoms with Gasteiger partial charge < -0.3 is 100 Å². The summed E-state index contributed by atoms with van der Waals surface area (Å²) in [4.78, 5) is 60.9. The van der Waals surface area contributed by atoms with Crippen molar-refractivity contribution in [2.45, 2.75) is 144 Å². The number of nitrogens with one attached hydrogen (secondary N) is 4. The number of hydrogen-bond donors (Lipinski definition) is 13. The summed E-state index contributed by atoms with van der Waals surface area (Å²) in [5.41, 5.74) is 0. The number of amides is 4. The predicted molar refractivity (Wildman–Crippen MR) is 179 cm³/mol. The Kier molecular flexibility index (Phi) is 16.4. The second kappa shape index (κ2) is 20.1. The number of carbonyl (C=O) groups is 5. The third-order valence-corrected chi connectivity index (χ3v) is 9.68. The lowest BCUT2D eigenvalue weighted by Crippen LogP contribution is -2.71. The highest BCUT2D eigenvalue weighted by Crippen LogP contribution is 2.34. The fraction of sp³-hybridized carbons (Fsp3) is 0.844. The third-order valence-electron chi connectivity index (χ3n) is 9.68. The van der Waals surface area contributed by atoms with Gasteiger partial charge >= 0.3 is 5.97 Å². The van der Waals surface area contributed by atoms with E-state index in [1.54, 1.807) is 0 Å². The van der Waals surface area contributed by atoms with E-state index in [1.165, 1.54) is 0 Å². The summed E-state index contributed by atoms with van der Waals surface area (Å²) < 4.78 is 40.3. The second-order valence-corrected chi connectivity index (χ2v) is 13.9. The average Bonchev–Trinajstić information content (AvgIpc) is 3.14. The number of rotatable bonds is 14. The first kappa shape index (κ1) is 46.4. The normalized spacial score (nSPS) is 42.3. The standard InChI is InChI=1S/C32H52N4O21/c1-9(41)33-17-23(47)26(14(6-38)51-29(17)50)55-31-19(35-11(3)43)25(49)28(16(8-40)53-31)57-32-20(36-12(4)44)24(48)27(15(7-39)54-32)56-30-18(34-10(2)42)22(46)21(45)13(5-37)52-30/h13-28,30-32,37-40,45-49H,5-8H2,1-4H3,(H,33,41)(H,34,42)(H,35,43)(H,36,44)/t13-,14-,15-,16-,17-,18-,19-,20-,21-,22-,23-,24-,25-,26-,27-,28-,30+,31+,32+/m1/s1. The average molecular weight is 829 g/mol. The van der Waals surface area contributed by atoms with Gasteiger partial charge in [0.25, 0.3) is 0 Å². The van der Waals surface area contributed by atoms with E-state index >= 15 is 0 Å². The van der Waals surface area contributed by atoms with Crippen molar-refractivity contribution in [1.29, 1.82) is 0 Å². The Labute approximate surface area is 324 Å². The van der Waals surface area contributed by atoms with Gasteiger partial charge in [0.15, 0.2) is 31.0 Å². The molecule has 0 saturated carbocycles. The highest BCUT2D eigenvalue weighted by molar-refractivity contribution is 5.84. The van der Waals surface area contributed by atoms with E-state index < -0.39 is 172 Å². The highest BCUT2D eigenvalue weighted by atomic mass is 16.8. The molecule has 25 nitrogen and oxygen atoms in total. The number of carbonyl (C=O) groups excluding carboxylic acids is 5. The number of ether oxygens (including phenoxy) is 7. The minimum absolute atomic E-state index is 0.688. The summed E-state index contributed by atoms with van der Waals surface area (Å²) in [7, 11) is 0. The van der Waals surface area contributed by atoms with Crippen LogP contribution in [0.25, 0.3) is 0 Å². The fourth-order valence-electron chi connectivity index (χ4n) is 7.04.